The van der Waals surface area contributed by atoms with E-state index in [4.69, 9.17) is 20.3 Å². The Hall–Kier alpha value is -2.83. The van der Waals surface area contributed by atoms with E-state index in [1.54, 1.807) is 27.3 Å². The second-order valence-electron chi connectivity index (χ2n) is 5.66. The minimum absolute atomic E-state index is 0.338. The maximum Gasteiger partial charge on any atom is 0.162 e. The fraction of sp³-hybridized carbons (Fsp3) is 0.250. The second-order valence-corrected chi connectivity index (χ2v) is 5.66. The fourth-order valence-electron chi connectivity index (χ4n) is 2.26. The SMILES string of the molecule is CC(O)CN.COc1cc2nccc(Nc3ccccc3)c2cc1OC. The summed E-state index contributed by atoms with van der Waals surface area (Å²) in [4.78, 5) is 4.39. The predicted octanol–water partition coefficient (Wildman–Crippen LogP) is 3.32. The molecule has 26 heavy (non-hydrogen) atoms. The van der Waals surface area contributed by atoms with E-state index in [1.165, 1.54) is 0 Å². The molecule has 0 radical (unpaired) electrons. The fourth-order valence-corrected chi connectivity index (χ4v) is 2.26. The highest BCUT2D eigenvalue weighted by Gasteiger charge is 2.09. The summed E-state index contributed by atoms with van der Waals surface area (Å²) >= 11 is 0. The number of ether oxygens (including phenoxy) is 2. The normalized spacial score (nSPS) is 11.3. The molecular formula is C20H25N3O3. The van der Waals surface area contributed by atoms with Gasteiger partial charge < -0.3 is 25.6 Å². The van der Waals surface area contributed by atoms with Crippen LogP contribution < -0.4 is 20.5 Å². The Morgan fingerprint density at radius 3 is 2.27 bits per heavy atom. The van der Waals surface area contributed by atoms with E-state index in [9.17, 15) is 0 Å². The van der Waals surface area contributed by atoms with E-state index < -0.39 is 0 Å². The van der Waals surface area contributed by atoms with Gasteiger partial charge in [-0.1, -0.05) is 18.2 Å². The number of aliphatic hydroxyl groups is 1. The molecule has 1 aromatic heterocycles. The minimum atomic E-state index is -0.338. The molecule has 0 aliphatic rings. The molecule has 0 aliphatic carbocycles. The van der Waals surface area contributed by atoms with Gasteiger partial charge in [-0.25, -0.2) is 0 Å². The van der Waals surface area contributed by atoms with Gasteiger partial charge in [0.15, 0.2) is 11.5 Å². The summed E-state index contributed by atoms with van der Waals surface area (Å²) in [6.07, 6.45) is 1.44. The number of rotatable bonds is 5. The van der Waals surface area contributed by atoms with Crippen LogP contribution in [0, 0.1) is 0 Å². The Labute approximate surface area is 153 Å². The van der Waals surface area contributed by atoms with Gasteiger partial charge in [-0.3, -0.25) is 4.98 Å². The van der Waals surface area contributed by atoms with Crippen molar-refractivity contribution < 1.29 is 14.6 Å². The van der Waals surface area contributed by atoms with Crippen molar-refractivity contribution in [2.75, 3.05) is 26.1 Å². The number of methoxy groups -OCH3 is 2. The van der Waals surface area contributed by atoms with Gasteiger partial charge in [-0.05, 0) is 31.2 Å². The Balaban J connectivity index is 0.000000431. The molecule has 138 valence electrons. The summed E-state index contributed by atoms with van der Waals surface area (Å²) in [5.41, 5.74) is 7.78. The van der Waals surface area contributed by atoms with Crippen molar-refractivity contribution in [3.8, 4) is 11.5 Å². The largest absolute Gasteiger partial charge is 0.493 e. The molecule has 3 aromatic rings. The van der Waals surface area contributed by atoms with Crippen molar-refractivity contribution in [2.24, 2.45) is 5.73 Å². The summed E-state index contributed by atoms with van der Waals surface area (Å²) in [5.74, 6) is 1.36. The molecule has 0 fully saturated rings. The highest BCUT2D eigenvalue weighted by molar-refractivity contribution is 5.95. The smallest absolute Gasteiger partial charge is 0.162 e. The number of anilines is 2. The molecule has 0 saturated heterocycles. The molecule has 1 heterocycles. The quantitative estimate of drug-likeness (QED) is 0.650. The standard InChI is InChI=1S/C17H16N2O2.C3H9NO/c1-20-16-10-13-14(19-12-6-4-3-5-7-12)8-9-18-15(13)11-17(16)21-2;1-3(5)2-4/h3-11H,1-2H3,(H,18,19);3,5H,2,4H2,1H3. The summed E-state index contributed by atoms with van der Waals surface area (Å²) < 4.78 is 10.7. The third-order valence-corrected chi connectivity index (χ3v) is 3.64. The van der Waals surface area contributed by atoms with Crippen LogP contribution in [-0.4, -0.2) is 37.0 Å². The molecule has 0 aliphatic heterocycles. The third kappa shape index (κ3) is 5.08. The van der Waals surface area contributed by atoms with Crippen molar-refractivity contribution >= 4 is 22.3 Å². The minimum Gasteiger partial charge on any atom is -0.493 e. The molecule has 3 rings (SSSR count). The Morgan fingerprint density at radius 2 is 1.69 bits per heavy atom. The number of fused-ring (bicyclic) bond motifs is 1. The summed E-state index contributed by atoms with van der Waals surface area (Å²) in [6, 6.07) is 15.8. The first-order chi connectivity index (χ1) is 12.6. The van der Waals surface area contributed by atoms with Gasteiger partial charge in [0.25, 0.3) is 0 Å². The van der Waals surface area contributed by atoms with Crippen LogP contribution in [0.25, 0.3) is 10.9 Å². The molecule has 6 heteroatoms. The molecule has 1 unspecified atom stereocenters. The van der Waals surface area contributed by atoms with Crippen molar-refractivity contribution in [3.05, 3.63) is 54.7 Å². The van der Waals surface area contributed by atoms with Gasteiger partial charge in [-0.15, -0.1) is 0 Å². The van der Waals surface area contributed by atoms with Gasteiger partial charge in [-0.2, -0.15) is 0 Å². The van der Waals surface area contributed by atoms with Gasteiger partial charge in [0.2, 0.25) is 0 Å². The van der Waals surface area contributed by atoms with Crippen LogP contribution in [0.3, 0.4) is 0 Å². The zero-order valence-electron chi connectivity index (χ0n) is 15.3. The molecule has 0 bridgehead atoms. The Bertz CT molecular complexity index is 823. The lowest BCUT2D eigenvalue weighted by molar-refractivity contribution is 0.203. The van der Waals surface area contributed by atoms with E-state index in [0.29, 0.717) is 18.0 Å². The van der Waals surface area contributed by atoms with Crippen LogP contribution in [0.1, 0.15) is 6.92 Å². The van der Waals surface area contributed by atoms with Gasteiger partial charge in [0, 0.05) is 35.6 Å². The summed E-state index contributed by atoms with van der Waals surface area (Å²) in [6.45, 7) is 2.01. The molecule has 6 nitrogen and oxygen atoms in total. The molecular weight excluding hydrogens is 330 g/mol. The molecule has 0 saturated carbocycles. The van der Waals surface area contributed by atoms with Crippen LogP contribution in [-0.2, 0) is 0 Å². The summed E-state index contributed by atoms with van der Waals surface area (Å²) in [7, 11) is 3.25. The molecule has 1 atom stereocenters. The van der Waals surface area contributed by atoms with Crippen LogP contribution >= 0.6 is 0 Å². The molecule has 0 amide bonds. The predicted molar refractivity (Wildman–Crippen MR) is 105 cm³/mol. The monoisotopic (exact) mass is 355 g/mol. The van der Waals surface area contributed by atoms with Crippen molar-refractivity contribution in [2.45, 2.75) is 13.0 Å². The lowest BCUT2D eigenvalue weighted by atomic mass is 10.1. The number of aliphatic hydroxyl groups excluding tert-OH is 1. The number of aromatic nitrogens is 1. The average Bonchev–Trinajstić information content (AvgIpc) is 2.68. The first-order valence-electron chi connectivity index (χ1n) is 8.30. The number of hydrogen-bond donors (Lipinski definition) is 3. The lowest BCUT2D eigenvalue weighted by Gasteiger charge is -2.12. The number of benzene rings is 2. The highest BCUT2D eigenvalue weighted by atomic mass is 16.5. The van der Waals surface area contributed by atoms with E-state index in [0.717, 1.165) is 22.3 Å². The second kappa shape index (κ2) is 9.60. The number of para-hydroxylation sites is 1. The third-order valence-electron chi connectivity index (χ3n) is 3.64. The number of hydrogen-bond acceptors (Lipinski definition) is 6. The number of nitrogens with zero attached hydrogens (tertiary/aromatic N) is 1. The highest BCUT2D eigenvalue weighted by Crippen LogP contribution is 2.35. The van der Waals surface area contributed by atoms with Crippen LogP contribution in [0.4, 0.5) is 11.4 Å². The zero-order chi connectivity index (χ0) is 18.9. The zero-order valence-corrected chi connectivity index (χ0v) is 15.3. The average molecular weight is 355 g/mol. The van der Waals surface area contributed by atoms with Crippen LogP contribution in [0.5, 0.6) is 11.5 Å². The first-order valence-corrected chi connectivity index (χ1v) is 8.30. The van der Waals surface area contributed by atoms with E-state index >= 15 is 0 Å². The van der Waals surface area contributed by atoms with E-state index in [-0.39, 0.29) is 6.10 Å². The number of nitrogens with one attached hydrogen (secondary N) is 1. The maximum absolute atomic E-state index is 8.24. The number of pyridine rings is 1. The summed E-state index contributed by atoms with van der Waals surface area (Å²) in [5, 5.41) is 12.6. The van der Waals surface area contributed by atoms with Gasteiger partial charge >= 0.3 is 0 Å². The van der Waals surface area contributed by atoms with E-state index in [1.807, 2.05) is 48.5 Å². The van der Waals surface area contributed by atoms with Gasteiger partial charge in [0.05, 0.1) is 25.8 Å². The molecule has 4 N–H and O–H groups in total. The van der Waals surface area contributed by atoms with E-state index in [2.05, 4.69) is 10.3 Å². The van der Waals surface area contributed by atoms with Crippen molar-refractivity contribution in [1.82, 2.24) is 4.98 Å². The Kier molecular flexibility index (Phi) is 7.20. The first kappa shape index (κ1) is 19.5. The van der Waals surface area contributed by atoms with Crippen LogP contribution in [0.15, 0.2) is 54.7 Å². The number of nitrogens with two attached hydrogens (primary N) is 1. The molecule has 2 aromatic carbocycles. The van der Waals surface area contributed by atoms with Crippen molar-refractivity contribution in [1.29, 1.82) is 0 Å². The van der Waals surface area contributed by atoms with Crippen LogP contribution in [0.2, 0.25) is 0 Å². The molecule has 0 spiro atoms. The maximum atomic E-state index is 8.24. The lowest BCUT2D eigenvalue weighted by Crippen LogP contribution is -2.14. The van der Waals surface area contributed by atoms with Crippen molar-refractivity contribution in [3.63, 3.8) is 0 Å². The van der Waals surface area contributed by atoms with Gasteiger partial charge in [0.1, 0.15) is 0 Å². The Morgan fingerprint density at radius 1 is 1.08 bits per heavy atom. The topological polar surface area (TPSA) is 89.6 Å².